The lowest BCUT2D eigenvalue weighted by molar-refractivity contribution is -0.143. The van der Waals surface area contributed by atoms with Gasteiger partial charge in [-0.15, -0.1) is 0 Å². The van der Waals surface area contributed by atoms with Crippen LogP contribution in [0.15, 0.2) is 30.3 Å². The van der Waals surface area contributed by atoms with Gasteiger partial charge in [-0.05, 0) is 32.4 Å². The monoisotopic (exact) mass is 264 g/mol. The predicted octanol–water partition coefficient (Wildman–Crippen LogP) is 1.96. The van der Waals surface area contributed by atoms with E-state index in [1.165, 1.54) is 12.7 Å². The predicted molar refractivity (Wildman–Crippen MR) is 76.7 cm³/mol. The van der Waals surface area contributed by atoms with Gasteiger partial charge in [0.15, 0.2) is 0 Å². The van der Waals surface area contributed by atoms with Crippen molar-refractivity contribution >= 4 is 5.97 Å². The van der Waals surface area contributed by atoms with Gasteiger partial charge >= 0.3 is 5.97 Å². The van der Waals surface area contributed by atoms with Crippen molar-refractivity contribution in [2.45, 2.75) is 32.4 Å². The molecular formula is C15H24N2O2. The third kappa shape index (κ3) is 4.65. The lowest BCUT2D eigenvalue weighted by Gasteiger charge is -2.34. The Morgan fingerprint density at radius 3 is 2.42 bits per heavy atom. The summed E-state index contributed by atoms with van der Waals surface area (Å²) in [6.45, 7) is 5.03. The van der Waals surface area contributed by atoms with E-state index in [2.05, 4.69) is 30.9 Å². The van der Waals surface area contributed by atoms with Crippen molar-refractivity contribution in [3.05, 3.63) is 35.9 Å². The number of nitrogens with zero attached hydrogens (tertiary/aromatic N) is 1. The highest BCUT2D eigenvalue weighted by molar-refractivity contribution is 5.71. The molecule has 4 nitrogen and oxygen atoms in total. The van der Waals surface area contributed by atoms with Crippen LogP contribution in [0.5, 0.6) is 0 Å². The minimum Gasteiger partial charge on any atom is -0.468 e. The van der Waals surface area contributed by atoms with E-state index >= 15 is 0 Å². The molecule has 2 N–H and O–H groups in total. The third-order valence-corrected chi connectivity index (χ3v) is 3.23. The second kappa shape index (κ2) is 7.92. The van der Waals surface area contributed by atoms with Crippen molar-refractivity contribution < 1.29 is 9.53 Å². The highest BCUT2D eigenvalue weighted by Crippen LogP contribution is 2.25. The molecule has 4 heteroatoms. The minimum absolute atomic E-state index is 0.144. The van der Waals surface area contributed by atoms with E-state index in [0.29, 0.717) is 6.54 Å². The van der Waals surface area contributed by atoms with Crippen molar-refractivity contribution in [2.24, 2.45) is 5.73 Å². The van der Waals surface area contributed by atoms with E-state index in [-0.39, 0.29) is 24.6 Å². The average Bonchev–Trinajstić information content (AvgIpc) is 2.43. The Balaban J connectivity index is 2.95. The van der Waals surface area contributed by atoms with E-state index in [9.17, 15) is 4.79 Å². The Hall–Kier alpha value is -1.39. The fourth-order valence-corrected chi connectivity index (χ4v) is 2.22. The molecule has 106 valence electrons. The normalized spacial score (nSPS) is 12.7. The Labute approximate surface area is 115 Å². The Bertz CT molecular complexity index is 379. The van der Waals surface area contributed by atoms with E-state index in [1.54, 1.807) is 0 Å². The highest BCUT2D eigenvalue weighted by atomic mass is 16.5. The van der Waals surface area contributed by atoms with Crippen molar-refractivity contribution in [3.63, 3.8) is 0 Å². The van der Waals surface area contributed by atoms with Crippen molar-refractivity contribution in [2.75, 3.05) is 20.2 Å². The molecule has 19 heavy (non-hydrogen) atoms. The van der Waals surface area contributed by atoms with Crippen LogP contribution in [-0.2, 0) is 9.53 Å². The maximum absolute atomic E-state index is 11.6. The van der Waals surface area contributed by atoms with Gasteiger partial charge in [0.2, 0.25) is 0 Å². The van der Waals surface area contributed by atoms with Crippen molar-refractivity contribution in [1.29, 1.82) is 0 Å². The van der Waals surface area contributed by atoms with E-state index in [4.69, 9.17) is 10.5 Å². The smallest absolute Gasteiger partial charge is 0.319 e. The van der Waals surface area contributed by atoms with Crippen LogP contribution in [-0.4, -0.2) is 37.1 Å². The first kappa shape index (κ1) is 15.7. The van der Waals surface area contributed by atoms with Crippen LogP contribution < -0.4 is 5.73 Å². The van der Waals surface area contributed by atoms with Gasteiger partial charge in [0.05, 0.1) is 13.7 Å². The number of ether oxygens (including phenoxy) is 1. The lowest BCUT2D eigenvalue weighted by atomic mass is 10.0. The molecule has 0 spiro atoms. The standard InChI is InChI=1S/C15H24N2O2/c1-12(2)17(11-15(18)19-3)14(9-10-16)13-7-5-4-6-8-13/h4-8,12,14H,9-11,16H2,1-3H3. The SMILES string of the molecule is COC(=O)CN(C(C)C)C(CCN)c1ccccc1. The van der Waals surface area contributed by atoms with E-state index in [0.717, 1.165) is 6.42 Å². The summed E-state index contributed by atoms with van der Waals surface area (Å²) in [4.78, 5) is 13.7. The number of carbonyl (C=O) groups excluding carboxylic acids is 1. The molecule has 0 saturated heterocycles. The third-order valence-electron chi connectivity index (χ3n) is 3.23. The molecule has 1 aromatic carbocycles. The largest absolute Gasteiger partial charge is 0.468 e. The zero-order valence-electron chi connectivity index (χ0n) is 12.0. The van der Waals surface area contributed by atoms with Crippen LogP contribution in [0, 0.1) is 0 Å². The van der Waals surface area contributed by atoms with Crippen LogP contribution in [0.2, 0.25) is 0 Å². The molecule has 0 amide bonds. The molecule has 0 heterocycles. The number of esters is 1. The molecule has 0 saturated carbocycles. The van der Waals surface area contributed by atoms with Gasteiger partial charge in [-0.3, -0.25) is 9.69 Å². The molecule has 1 rings (SSSR count). The number of nitrogens with two attached hydrogens (primary N) is 1. The summed E-state index contributed by atoms with van der Waals surface area (Å²) < 4.78 is 4.78. The number of carbonyl (C=O) groups is 1. The fraction of sp³-hybridized carbons (Fsp3) is 0.533. The lowest BCUT2D eigenvalue weighted by Crippen LogP contribution is -2.40. The van der Waals surface area contributed by atoms with Gasteiger partial charge in [0, 0.05) is 12.1 Å². The van der Waals surface area contributed by atoms with Gasteiger partial charge in [-0.1, -0.05) is 30.3 Å². The van der Waals surface area contributed by atoms with Crippen molar-refractivity contribution in [1.82, 2.24) is 4.90 Å². The zero-order chi connectivity index (χ0) is 14.3. The quantitative estimate of drug-likeness (QED) is 0.765. The maximum atomic E-state index is 11.6. The topological polar surface area (TPSA) is 55.6 Å². The van der Waals surface area contributed by atoms with Gasteiger partial charge in [0.25, 0.3) is 0 Å². The molecule has 0 fully saturated rings. The number of methoxy groups -OCH3 is 1. The Morgan fingerprint density at radius 2 is 1.95 bits per heavy atom. The molecule has 0 aliphatic rings. The fourth-order valence-electron chi connectivity index (χ4n) is 2.22. The average molecular weight is 264 g/mol. The highest BCUT2D eigenvalue weighted by Gasteiger charge is 2.24. The Kier molecular flexibility index (Phi) is 6.53. The summed E-state index contributed by atoms with van der Waals surface area (Å²) in [7, 11) is 1.42. The molecule has 0 aliphatic heterocycles. The minimum atomic E-state index is -0.216. The molecule has 1 unspecified atom stereocenters. The van der Waals surface area contributed by atoms with Gasteiger partial charge < -0.3 is 10.5 Å². The number of hydrogen-bond donors (Lipinski definition) is 1. The first-order valence-corrected chi connectivity index (χ1v) is 6.67. The molecule has 0 aromatic heterocycles. The van der Waals surface area contributed by atoms with Gasteiger partial charge in [-0.2, -0.15) is 0 Å². The second-order valence-corrected chi connectivity index (χ2v) is 4.85. The van der Waals surface area contributed by atoms with Crippen LogP contribution in [0.1, 0.15) is 31.9 Å². The summed E-state index contributed by atoms with van der Waals surface area (Å²) in [5, 5.41) is 0. The zero-order valence-corrected chi connectivity index (χ0v) is 12.0. The van der Waals surface area contributed by atoms with Crippen molar-refractivity contribution in [3.8, 4) is 0 Å². The van der Waals surface area contributed by atoms with Crippen LogP contribution >= 0.6 is 0 Å². The van der Waals surface area contributed by atoms with Crippen LogP contribution in [0.4, 0.5) is 0 Å². The molecule has 1 atom stereocenters. The number of benzene rings is 1. The summed E-state index contributed by atoms with van der Waals surface area (Å²) in [5.41, 5.74) is 6.91. The first-order chi connectivity index (χ1) is 9.10. The Morgan fingerprint density at radius 1 is 1.32 bits per heavy atom. The second-order valence-electron chi connectivity index (χ2n) is 4.85. The molecule has 0 radical (unpaired) electrons. The summed E-state index contributed by atoms with van der Waals surface area (Å²) in [6.07, 6.45) is 0.819. The molecule has 1 aromatic rings. The van der Waals surface area contributed by atoms with Crippen LogP contribution in [0.3, 0.4) is 0 Å². The van der Waals surface area contributed by atoms with Gasteiger partial charge in [0.1, 0.15) is 0 Å². The first-order valence-electron chi connectivity index (χ1n) is 6.67. The maximum Gasteiger partial charge on any atom is 0.319 e. The number of rotatable bonds is 7. The summed E-state index contributed by atoms with van der Waals surface area (Å²) >= 11 is 0. The molecule has 0 bridgehead atoms. The summed E-state index contributed by atoms with van der Waals surface area (Å²) in [5.74, 6) is -0.216. The van der Waals surface area contributed by atoms with E-state index in [1.807, 2.05) is 18.2 Å². The van der Waals surface area contributed by atoms with E-state index < -0.39 is 0 Å². The van der Waals surface area contributed by atoms with Crippen LogP contribution in [0.25, 0.3) is 0 Å². The molecule has 0 aliphatic carbocycles. The number of hydrogen-bond acceptors (Lipinski definition) is 4. The summed E-state index contributed by atoms with van der Waals surface area (Å²) in [6, 6.07) is 10.6. The molecular weight excluding hydrogens is 240 g/mol. The van der Waals surface area contributed by atoms with Gasteiger partial charge in [-0.25, -0.2) is 0 Å².